The first-order chi connectivity index (χ1) is 11.0. The van der Waals surface area contributed by atoms with Gasteiger partial charge in [0.05, 0.1) is 5.56 Å². The average molecular weight is 310 g/mol. The number of hydrogen-bond donors (Lipinski definition) is 3. The molecule has 0 aliphatic carbocycles. The van der Waals surface area contributed by atoms with Crippen LogP contribution in [0.15, 0.2) is 54.6 Å². The summed E-state index contributed by atoms with van der Waals surface area (Å²) in [5.74, 6) is -1.30. The summed E-state index contributed by atoms with van der Waals surface area (Å²) in [5, 5.41) is 16.1. The van der Waals surface area contributed by atoms with Crippen molar-refractivity contribution < 1.29 is 19.4 Å². The van der Waals surface area contributed by atoms with Crippen LogP contribution in [0.3, 0.4) is 0 Å². The summed E-state index contributed by atoms with van der Waals surface area (Å²) in [6.45, 7) is 0. The number of hydrogen-bond acceptors (Lipinski definition) is 4. The Bertz CT molecular complexity index is 762. The maximum absolute atomic E-state index is 11.7. The number of esters is 1. The predicted octanol–water partition coefficient (Wildman–Crippen LogP) is 2.29. The van der Waals surface area contributed by atoms with Crippen LogP contribution in [-0.2, 0) is 4.79 Å². The number of nitrogens with two attached hydrogens (primary N) is 1. The number of nitrogen functional groups attached to an aromatic ring is 1. The highest BCUT2D eigenvalue weighted by Crippen LogP contribution is 2.13. The molecule has 2 aromatic carbocycles. The lowest BCUT2D eigenvalue weighted by atomic mass is 10.1. The Labute approximate surface area is 132 Å². The van der Waals surface area contributed by atoms with Gasteiger partial charge in [-0.3, -0.25) is 5.41 Å². The van der Waals surface area contributed by atoms with E-state index in [0.717, 1.165) is 0 Å². The molecule has 0 bridgehead atoms. The molecule has 0 saturated heterocycles. The minimum Gasteiger partial charge on any atom is -0.478 e. The van der Waals surface area contributed by atoms with E-state index >= 15 is 0 Å². The first-order valence-corrected chi connectivity index (χ1v) is 6.63. The normalized spacial score (nSPS) is 10.4. The monoisotopic (exact) mass is 310 g/mol. The van der Waals surface area contributed by atoms with Gasteiger partial charge in [0.2, 0.25) is 0 Å². The van der Waals surface area contributed by atoms with Crippen LogP contribution in [0.25, 0.3) is 6.08 Å². The number of carboxylic acid groups (broad SMARTS) is 1. The van der Waals surface area contributed by atoms with Gasteiger partial charge in [0.15, 0.2) is 0 Å². The second kappa shape index (κ2) is 7.04. The van der Waals surface area contributed by atoms with Crippen molar-refractivity contribution in [1.29, 1.82) is 5.41 Å². The summed E-state index contributed by atoms with van der Waals surface area (Å²) in [6, 6.07) is 12.3. The maximum Gasteiger partial charge on any atom is 0.336 e. The fourth-order valence-corrected chi connectivity index (χ4v) is 1.75. The van der Waals surface area contributed by atoms with Gasteiger partial charge in [-0.1, -0.05) is 12.1 Å². The van der Waals surface area contributed by atoms with E-state index in [0.29, 0.717) is 16.9 Å². The van der Waals surface area contributed by atoms with Crippen molar-refractivity contribution in [1.82, 2.24) is 0 Å². The number of nitrogens with one attached hydrogen (secondary N) is 1. The number of benzene rings is 2. The van der Waals surface area contributed by atoms with Gasteiger partial charge < -0.3 is 15.6 Å². The van der Waals surface area contributed by atoms with Gasteiger partial charge in [-0.15, -0.1) is 0 Å². The number of aromatic carboxylic acids is 1. The molecular weight excluding hydrogens is 296 g/mol. The first-order valence-electron chi connectivity index (χ1n) is 6.63. The van der Waals surface area contributed by atoms with Crippen LogP contribution in [0.5, 0.6) is 5.75 Å². The summed E-state index contributed by atoms with van der Waals surface area (Å²) >= 11 is 0. The zero-order chi connectivity index (χ0) is 16.8. The number of ether oxygens (including phenoxy) is 1. The molecule has 0 amide bonds. The number of carbonyl (C=O) groups excluding carboxylic acids is 1. The lowest BCUT2D eigenvalue weighted by molar-refractivity contribution is -0.128. The van der Waals surface area contributed by atoms with E-state index < -0.39 is 11.9 Å². The summed E-state index contributed by atoms with van der Waals surface area (Å²) in [5.41, 5.74) is 6.73. The van der Waals surface area contributed by atoms with E-state index in [1.807, 2.05) is 0 Å². The summed E-state index contributed by atoms with van der Waals surface area (Å²) < 4.78 is 5.10. The number of rotatable bonds is 5. The van der Waals surface area contributed by atoms with Crippen molar-refractivity contribution in [2.24, 2.45) is 5.73 Å². The molecule has 0 unspecified atom stereocenters. The van der Waals surface area contributed by atoms with Crippen LogP contribution in [0.2, 0.25) is 0 Å². The van der Waals surface area contributed by atoms with Gasteiger partial charge in [-0.05, 0) is 48.0 Å². The van der Waals surface area contributed by atoms with Crippen LogP contribution in [-0.4, -0.2) is 22.9 Å². The molecule has 0 saturated carbocycles. The Morgan fingerprint density at radius 1 is 1.00 bits per heavy atom. The Morgan fingerprint density at radius 2 is 1.57 bits per heavy atom. The van der Waals surface area contributed by atoms with Gasteiger partial charge in [-0.25, -0.2) is 9.59 Å². The topological polar surface area (TPSA) is 113 Å². The largest absolute Gasteiger partial charge is 0.478 e. The minimum atomic E-state index is -1.01. The van der Waals surface area contributed by atoms with Gasteiger partial charge in [-0.2, -0.15) is 0 Å². The number of amidine groups is 1. The lowest BCUT2D eigenvalue weighted by Crippen LogP contribution is -2.11. The van der Waals surface area contributed by atoms with E-state index in [9.17, 15) is 9.59 Å². The molecule has 0 radical (unpaired) electrons. The molecule has 2 rings (SSSR count). The van der Waals surface area contributed by atoms with Crippen LogP contribution in [0.4, 0.5) is 0 Å². The predicted molar refractivity (Wildman–Crippen MR) is 85.5 cm³/mol. The summed E-state index contributed by atoms with van der Waals surface area (Å²) in [6.07, 6.45) is 2.77. The molecule has 116 valence electrons. The van der Waals surface area contributed by atoms with E-state index in [1.54, 1.807) is 36.4 Å². The van der Waals surface area contributed by atoms with Gasteiger partial charge in [0.1, 0.15) is 11.6 Å². The van der Waals surface area contributed by atoms with Crippen molar-refractivity contribution in [3.05, 3.63) is 71.3 Å². The van der Waals surface area contributed by atoms with Gasteiger partial charge in [0.25, 0.3) is 0 Å². The molecule has 6 nitrogen and oxygen atoms in total. The third-order valence-corrected chi connectivity index (χ3v) is 2.95. The Hall–Kier alpha value is -3.41. The molecule has 2 aromatic rings. The lowest BCUT2D eigenvalue weighted by Gasteiger charge is -2.02. The van der Waals surface area contributed by atoms with Crippen LogP contribution < -0.4 is 10.5 Å². The van der Waals surface area contributed by atoms with Crippen molar-refractivity contribution >= 4 is 23.9 Å². The second-order valence-corrected chi connectivity index (χ2v) is 4.62. The summed E-state index contributed by atoms with van der Waals surface area (Å²) in [4.78, 5) is 22.4. The molecule has 23 heavy (non-hydrogen) atoms. The van der Waals surface area contributed by atoms with E-state index in [4.69, 9.17) is 21.0 Å². The molecule has 6 heteroatoms. The molecule has 0 fully saturated rings. The minimum absolute atomic E-state index is 0.0624. The zero-order valence-corrected chi connectivity index (χ0v) is 12.0. The SMILES string of the molecule is N=C(N)c1ccc(OC(=O)C=Cc2ccc(C(=O)O)cc2)cc1. The van der Waals surface area contributed by atoms with Crippen molar-refractivity contribution in [2.45, 2.75) is 0 Å². The van der Waals surface area contributed by atoms with Crippen molar-refractivity contribution in [2.75, 3.05) is 0 Å². The van der Waals surface area contributed by atoms with E-state index in [1.165, 1.54) is 24.3 Å². The molecule has 0 aromatic heterocycles. The molecule has 0 spiro atoms. The number of carbonyl (C=O) groups is 2. The van der Waals surface area contributed by atoms with Crippen LogP contribution in [0, 0.1) is 5.41 Å². The Morgan fingerprint density at radius 3 is 2.09 bits per heavy atom. The molecule has 0 atom stereocenters. The third kappa shape index (κ3) is 4.53. The van der Waals surface area contributed by atoms with Crippen LogP contribution in [0.1, 0.15) is 21.5 Å². The molecule has 0 heterocycles. The highest BCUT2D eigenvalue weighted by atomic mass is 16.5. The second-order valence-electron chi connectivity index (χ2n) is 4.62. The highest BCUT2D eigenvalue weighted by Gasteiger charge is 2.03. The maximum atomic E-state index is 11.7. The fourth-order valence-electron chi connectivity index (χ4n) is 1.75. The smallest absolute Gasteiger partial charge is 0.336 e. The fraction of sp³-hybridized carbons (Fsp3) is 0. The molecule has 0 aliphatic heterocycles. The summed E-state index contributed by atoms with van der Waals surface area (Å²) in [7, 11) is 0. The van der Waals surface area contributed by atoms with Gasteiger partial charge in [0, 0.05) is 11.6 Å². The van der Waals surface area contributed by atoms with E-state index in [2.05, 4.69) is 0 Å². The highest BCUT2D eigenvalue weighted by molar-refractivity contribution is 5.95. The van der Waals surface area contributed by atoms with Crippen LogP contribution >= 0.6 is 0 Å². The molecular formula is C17H14N2O4. The Balaban J connectivity index is 1.98. The molecule has 0 aliphatic rings. The Kier molecular flexibility index (Phi) is 4.89. The van der Waals surface area contributed by atoms with Crippen molar-refractivity contribution in [3.63, 3.8) is 0 Å². The first kappa shape index (κ1) is 16.0. The zero-order valence-electron chi connectivity index (χ0n) is 12.0. The number of carboxylic acids is 1. The van der Waals surface area contributed by atoms with Gasteiger partial charge >= 0.3 is 11.9 Å². The average Bonchev–Trinajstić information content (AvgIpc) is 2.54. The van der Waals surface area contributed by atoms with E-state index in [-0.39, 0.29) is 11.4 Å². The third-order valence-electron chi connectivity index (χ3n) is 2.95. The standard InChI is InChI=1S/C17H14N2O4/c18-16(19)12-6-8-14(9-7-12)23-15(20)10-3-11-1-4-13(5-2-11)17(21)22/h1-10H,(H3,18,19)(H,21,22). The quantitative estimate of drug-likeness (QED) is 0.258. The molecule has 4 N–H and O–H groups in total. The van der Waals surface area contributed by atoms with Crippen molar-refractivity contribution in [3.8, 4) is 5.75 Å².